The number of fused-ring (bicyclic) bond motifs is 1. The Hall–Kier alpha value is -0.620. The van der Waals surface area contributed by atoms with Gasteiger partial charge in [-0.1, -0.05) is 5.21 Å². The molecule has 6 heteroatoms. The Labute approximate surface area is 91.4 Å². The first-order valence-corrected chi connectivity index (χ1v) is 5.15. The fourth-order valence-electron chi connectivity index (χ4n) is 1.15. The van der Waals surface area contributed by atoms with E-state index in [4.69, 9.17) is 5.73 Å². The molecule has 0 atom stereocenters. The molecule has 0 spiro atoms. The molecule has 0 aromatic carbocycles. The van der Waals surface area contributed by atoms with Crippen LogP contribution in [0, 0.1) is 6.92 Å². The largest absolute Gasteiger partial charge is 0.383 e. The summed E-state index contributed by atoms with van der Waals surface area (Å²) in [6, 6.07) is 1.89. The highest BCUT2D eigenvalue weighted by Crippen LogP contribution is 2.28. The van der Waals surface area contributed by atoms with E-state index in [9.17, 15) is 0 Å². The minimum absolute atomic E-state index is 0.554. The molecule has 2 aromatic heterocycles. The van der Waals surface area contributed by atoms with Crippen molar-refractivity contribution in [1.29, 1.82) is 0 Å². The average Bonchev–Trinajstić information content (AvgIpc) is 2.44. The molecule has 0 aliphatic rings. The number of nitrogen functional groups attached to an aromatic ring is 1. The van der Waals surface area contributed by atoms with Crippen LogP contribution in [0.15, 0.2) is 15.0 Å². The van der Waals surface area contributed by atoms with Crippen molar-refractivity contribution in [2.24, 2.45) is 0 Å². The minimum Gasteiger partial charge on any atom is -0.383 e. The van der Waals surface area contributed by atoms with Gasteiger partial charge in [0.1, 0.15) is 11.3 Å². The third-order valence-corrected chi connectivity index (χ3v) is 3.03. The summed E-state index contributed by atoms with van der Waals surface area (Å²) in [6.07, 6.45) is 0. The molecule has 4 nitrogen and oxygen atoms in total. The van der Waals surface area contributed by atoms with Crippen LogP contribution in [0.25, 0.3) is 5.52 Å². The lowest BCUT2D eigenvalue weighted by atomic mass is 10.3. The first-order valence-electron chi connectivity index (χ1n) is 3.56. The molecular formula is C7H6Br2N4. The van der Waals surface area contributed by atoms with E-state index in [0.717, 1.165) is 20.2 Å². The van der Waals surface area contributed by atoms with Gasteiger partial charge in [-0.3, -0.25) is 0 Å². The smallest absolute Gasteiger partial charge is 0.141 e. The standard InChI is InChI=1S/C7H6Br2N4/c1-3-6-4(8)2-5(9)7(10)13(6)12-11-3/h2H,10H2,1H3. The van der Waals surface area contributed by atoms with Crippen molar-refractivity contribution in [3.8, 4) is 0 Å². The second kappa shape index (κ2) is 2.95. The van der Waals surface area contributed by atoms with E-state index in [1.807, 2.05) is 13.0 Å². The van der Waals surface area contributed by atoms with Crippen molar-refractivity contribution >= 4 is 43.2 Å². The highest BCUT2D eigenvalue weighted by atomic mass is 79.9. The number of hydrogen-bond donors (Lipinski definition) is 1. The van der Waals surface area contributed by atoms with Crippen molar-refractivity contribution in [1.82, 2.24) is 14.8 Å². The molecule has 0 saturated heterocycles. The fraction of sp³-hybridized carbons (Fsp3) is 0.143. The van der Waals surface area contributed by atoms with Crippen LogP contribution in [0.2, 0.25) is 0 Å². The molecule has 13 heavy (non-hydrogen) atoms. The van der Waals surface area contributed by atoms with Crippen molar-refractivity contribution < 1.29 is 0 Å². The number of nitrogens with two attached hydrogens (primary N) is 1. The highest BCUT2D eigenvalue weighted by molar-refractivity contribution is 9.11. The third-order valence-electron chi connectivity index (χ3n) is 1.79. The molecule has 0 bridgehead atoms. The van der Waals surface area contributed by atoms with Gasteiger partial charge in [-0.15, -0.1) is 5.10 Å². The van der Waals surface area contributed by atoms with Gasteiger partial charge < -0.3 is 5.73 Å². The quantitative estimate of drug-likeness (QED) is 0.811. The Balaban J connectivity index is 2.99. The predicted octanol–water partition coefficient (Wildman–Crippen LogP) is 2.14. The van der Waals surface area contributed by atoms with Crippen LogP contribution in [0.3, 0.4) is 0 Å². The van der Waals surface area contributed by atoms with Gasteiger partial charge in [0.15, 0.2) is 0 Å². The summed E-state index contributed by atoms with van der Waals surface area (Å²) in [5, 5.41) is 7.86. The van der Waals surface area contributed by atoms with Gasteiger partial charge >= 0.3 is 0 Å². The first kappa shape index (κ1) is 8.96. The van der Waals surface area contributed by atoms with E-state index in [2.05, 4.69) is 42.2 Å². The van der Waals surface area contributed by atoms with Crippen LogP contribution in [0.4, 0.5) is 5.82 Å². The molecule has 2 N–H and O–H groups in total. The first-order chi connectivity index (χ1) is 6.11. The number of pyridine rings is 1. The van der Waals surface area contributed by atoms with Gasteiger partial charge in [0, 0.05) is 4.47 Å². The van der Waals surface area contributed by atoms with E-state index in [1.54, 1.807) is 4.52 Å². The molecule has 0 aliphatic carbocycles. The molecule has 0 saturated carbocycles. The van der Waals surface area contributed by atoms with Crippen LogP contribution in [-0.4, -0.2) is 14.8 Å². The second-order valence-corrected chi connectivity index (χ2v) is 4.37. The Morgan fingerprint density at radius 3 is 2.77 bits per heavy atom. The molecule has 2 heterocycles. The highest BCUT2D eigenvalue weighted by Gasteiger charge is 2.10. The molecule has 2 aromatic rings. The van der Waals surface area contributed by atoms with Crippen molar-refractivity contribution in [3.63, 3.8) is 0 Å². The zero-order chi connectivity index (χ0) is 9.59. The number of nitrogens with zero attached hydrogens (tertiary/aromatic N) is 3. The normalized spacial score (nSPS) is 11.0. The summed E-state index contributed by atoms with van der Waals surface area (Å²) in [5.41, 5.74) is 7.55. The second-order valence-electron chi connectivity index (χ2n) is 2.66. The van der Waals surface area contributed by atoms with Gasteiger partial charge in [-0.2, -0.15) is 4.52 Å². The topological polar surface area (TPSA) is 56.2 Å². The molecule has 2 rings (SSSR count). The Morgan fingerprint density at radius 1 is 1.38 bits per heavy atom. The molecule has 0 amide bonds. The minimum atomic E-state index is 0.554. The zero-order valence-electron chi connectivity index (χ0n) is 6.75. The molecule has 0 aliphatic heterocycles. The van der Waals surface area contributed by atoms with Crippen LogP contribution in [0.1, 0.15) is 5.69 Å². The fourth-order valence-corrected chi connectivity index (χ4v) is 2.54. The zero-order valence-corrected chi connectivity index (χ0v) is 9.92. The monoisotopic (exact) mass is 304 g/mol. The summed E-state index contributed by atoms with van der Waals surface area (Å²) in [5.74, 6) is 0.554. The Bertz CT molecular complexity index is 477. The van der Waals surface area contributed by atoms with Crippen molar-refractivity contribution in [2.75, 3.05) is 5.73 Å². The summed E-state index contributed by atoms with van der Waals surface area (Å²) in [6.45, 7) is 1.89. The molecular weight excluding hydrogens is 300 g/mol. The van der Waals surface area contributed by atoms with Crippen molar-refractivity contribution in [2.45, 2.75) is 6.92 Å². The number of halogens is 2. The van der Waals surface area contributed by atoms with Crippen LogP contribution in [0.5, 0.6) is 0 Å². The maximum Gasteiger partial charge on any atom is 0.141 e. The molecule has 0 unspecified atom stereocenters. The van der Waals surface area contributed by atoms with Crippen LogP contribution in [-0.2, 0) is 0 Å². The van der Waals surface area contributed by atoms with E-state index in [-0.39, 0.29) is 0 Å². The lowest BCUT2D eigenvalue weighted by molar-refractivity contribution is 0.855. The predicted molar refractivity (Wildman–Crippen MR) is 57.5 cm³/mol. The van der Waals surface area contributed by atoms with Crippen molar-refractivity contribution in [3.05, 3.63) is 20.7 Å². The SMILES string of the molecule is Cc1nnn2c(N)c(Br)cc(Br)c12. The lowest BCUT2D eigenvalue weighted by Gasteiger charge is -2.02. The lowest BCUT2D eigenvalue weighted by Crippen LogP contribution is -1.99. The number of hydrogen-bond acceptors (Lipinski definition) is 3. The van der Waals surface area contributed by atoms with Gasteiger partial charge in [0.05, 0.1) is 10.2 Å². The summed E-state index contributed by atoms with van der Waals surface area (Å²) in [7, 11) is 0. The summed E-state index contributed by atoms with van der Waals surface area (Å²) in [4.78, 5) is 0. The number of aryl methyl sites for hydroxylation is 1. The summed E-state index contributed by atoms with van der Waals surface area (Å²) >= 11 is 6.76. The Kier molecular flexibility index (Phi) is 2.03. The van der Waals surface area contributed by atoms with E-state index in [1.165, 1.54) is 0 Å². The number of anilines is 1. The third kappa shape index (κ3) is 1.24. The Morgan fingerprint density at radius 2 is 2.08 bits per heavy atom. The molecule has 68 valence electrons. The maximum absolute atomic E-state index is 5.79. The maximum atomic E-state index is 5.79. The van der Waals surface area contributed by atoms with E-state index < -0.39 is 0 Å². The van der Waals surface area contributed by atoms with E-state index >= 15 is 0 Å². The number of aromatic nitrogens is 3. The van der Waals surface area contributed by atoms with Gasteiger partial charge in [0.2, 0.25) is 0 Å². The van der Waals surface area contributed by atoms with Gasteiger partial charge in [0.25, 0.3) is 0 Å². The van der Waals surface area contributed by atoms with E-state index in [0.29, 0.717) is 5.82 Å². The van der Waals surface area contributed by atoms with Crippen LogP contribution < -0.4 is 5.73 Å². The molecule has 0 fully saturated rings. The average molecular weight is 306 g/mol. The number of rotatable bonds is 0. The van der Waals surface area contributed by atoms with Gasteiger partial charge in [-0.25, -0.2) is 0 Å². The molecule has 0 radical (unpaired) electrons. The van der Waals surface area contributed by atoms with Gasteiger partial charge in [-0.05, 0) is 44.8 Å². The van der Waals surface area contributed by atoms with Crippen LogP contribution >= 0.6 is 31.9 Å². The summed E-state index contributed by atoms with van der Waals surface area (Å²) < 4.78 is 3.33.